The number of carbonyl (C=O) groups excluding carboxylic acids is 1. The van der Waals surface area contributed by atoms with Gasteiger partial charge in [-0.05, 0) is 79.4 Å². The maximum Gasteiger partial charge on any atom is 2.00 e. The number of allylic oxidation sites excluding steroid dienone is 10. The molecule has 0 radical (unpaired) electrons. The van der Waals surface area contributed by atoms with Gasteiger partial charge in [-0.1, -0.05) is 65.4 Å². The van der Waals surface area contributed by atoms with Gasteiger partial charge in [-0.15, -0.1) is 5.10 Å². The number of rotatable bonds is 15. The van der Waals surface area contributed by atoms with E-state index in [4.69, 9.17) is 21.1 Å². The Hall–Kier alpha value is -4.27. The number of ketones is 1. The fourth-order valence-electron chi connectivity index (χ4n) is 4.76. The molecule has 242 valence electrons. The molecule has 8 nitrogen and oxygen atoms in total. The average molecular weight is 692 g/mol. The van der Waals surface area contributed by atoms with Crippen LogP contribution in [0.5, 0.6) is 5.75 Å². The molecule has 0 unspecified atom stereocenters. The molecule has 47 heavy (non-hydrogen) atoms. The second kappa shape index (κ2) is 19.4. The third kappa shape index (κ3) is 11.8. The molecule has 0 spiro atoms. The Morgan fingerprint density at radius 2 is 1.85 bits per heavy atom. The summed E-state index contributed by atoms with van der Waals surface area (Å²) in [4.78, 5) is 16.7. The number of aryl methyl sites for hydroxylation is 1. The summed E-state index contributed by atoms with van der Waals surface area (Å²) >= 11 is 6.07. The number of carbonyl (C=O) groups is 1. The first-order valence-corrected chi connectivity index (χ1v) is 15.9. The monoisotopic (exact) mass is 691 g/mol. The Bertz CT molecular complexity index is 1730. The maximum atomic E-state index is 12.3. The van der Waals surface area contributed by atoms with Gasteiger partial charge in [0.05, 0.1) is 24.9 Å². The van der Waals surface area contributed by atoms with Crippen LogP contribution < -0.4 is 10.1 Å². The van der Waals surface area contributed by atoms with Gasteiger partial charge >= 0.3 is 17.1 Å². The van der Waals surface area contributed by atoms with E-state index in [9.17, 15) is 4.79 Å². The molecule has 2 aromatic heterocycles. The van der Waals surface area contributed by atoms with E-state index in [2.05, 4.69) is 57.1 Å². The molecule has 0 aliphatic heterocycles. The molecule has 1 N–H and O–H groups in total. The molecule has 6 rings (SSSR count). The quantitative estimate of drug-likeness (QED) is 0.0583. The fourth-order valence-corrected chi connectivity index (χ4v) is 4.92. The standard InChI is InChI=1S/C32H32ClN5O3.C5H6.Fe/c33-26-10-13-29-30(15-17-35-31(29)21-26)34-16-3-19-40-23-27-22-38(37-36-27)18-4-20-41-28-11-8-25(9-12-28)32(39)14-7-24-5-1-2-6-24;1-2-4-5-3-1;/h1,5-15,17,21-22H,2-4,16,18-20,23H2,(H,34,35);1-4H,5H2;/q;;+2/b14-7+;;. The number of halogens is 1. The molecule has 2 aliphatic rings. The predicted octanol–water partition coefficient (Wildman–Crippen LogP) is 8.09. The van der Waals surface area contributed by atoms with Crippen LogP contribution in [0.2, 0.25) is 5.02 Å². The van der Waals surface area contributed by atoms with Crippen molar-refractivity contribution >= 4 is 34.0 Å². The van der Waals surface area contributed by atoms with E-state index in [0.29, 0.717) is 37.0 Å². The Morgan fingerprint density at radius 3 is 2.62 bits per heavy atom. The molecule has 10 heteroatoms. The Kier molecular flexibility index (Phi) is 14.7. The van der Waals surface area contributed by atoms with E-state index in [1.165, 1.54) is 0 Å². The molecule has 0 fully saturated rings. The van der Waals surface area contributed by atoms with Crippen LogP contribution in [-0.2, 0) is 35.0 Å². The van der Waals surface area contributed by atoms with Crippen molar-refractivity contribution in [3.05, 3.63) is 137 Å². The molecule has 2 heterocycles. The van der Waals surface area contributed by atoms with Crippen molar-refractivity contribution in [2.75, 3.05) is 25.1 Å². The maximum absolute atomic E-state index is 12.3. The van der Waals surface area contributed by atoms with E-state index in [-0.39, 0.29) is 22.9 Å². The zero-order chi connectivity index (χ0) is 31.8. The zero-order valence-corrected chi connectivity index (χ0v) is 27.9. The van der Waals surface area contributed by atoms with Crippen molar-refractivity contribution in [2.45, 2.75) is 38.8 Å². The van der Waals surface area contributed by atoms with Crippen LogP contribution in [0.15, 0.2) is 121 Å². The summed E-state index contributed by atoms with van der Waals surface area (Å²) < 4.78 is 13.4. The normalized spacial score (nSPS) is 13.0. The molecule has 0 saturated heterocycles. The number of nitrogens with zero attached hydrogens (tertiary/aromatic N) is 4. The smallest absolute Gasteiger partial charge is 0.494 e. The summed E-state index contributed by atoms with van der Waals surface area (Å²) in [7, 11) is 0. The zero-order valence-electron chi connectivity index (χ0n) is 26.1. The second-order valence-corrected chi connectivity index (χ2v) is 11.1. The van der Waals surface area contributed by atoms with Crippen LogP contribution in [0, 0.1) is 0 Å². The summed E-state index contributed by atoms with van der Waals surface area (Å²) in [6.07, 6.45) is 25.3. The largest absolute Gasteiger partial charge is 2.00 e. The van der Waals surface area contributed by atoms with Gasteiger partial charge in [0, 0.05) is 54.0 Å². The van der Waals surface area contributed by atoms with Gasteiger partial charge in [-0.3, -0.25) is 14.5 Å². The van der Waals surface area contributed by atoms with Gasteiger partial charge in [-0.25, -0.2) is 0 Å². The Labute approximate surface area is 291 Å². The molecule has 0 atom stereocenters. The molecular weight excluding hydrogens is 654 g/mol. The van der Waals surface area contributed by atoms with Gasteiger partial charge in [0.1, 0.15) is 11.4 Å². The minimum absolute atomic E-state index is 0. The number of hydrogen-bond donors (Lipinski definition) is 1. The van der Waals surface area contributed by atoms with Crippen molar-refractivity contribution in [1.82, 2.24) is 20.0 Å². The Balaban J connectivity index is 0.000000762. The van der Waals surface area contributed by atoms with E-state index in [1.54, 1.807) is 29.1 Å². The number of ether oxygens (including phenoxy) is 2. The molecule has 0 amide bonds. The predicted molar refractivity (Wildman–Crippen MR) is 184 cm³/mol. The van der Waals surface area contributed by atoms with Crippen LogP contribution in [0.1, 0.15) is 41.7 Å². The minimum Gasteiger partial charge on any atom is -0.494 e. The third-order valence-electron chi connectivity index (χ3n) is 7.14. The number of benzene rings is 2. The number of nitrogens with one attached hydrogen (secondary N) is 1. The van der Waals surface area contributed by atoms with Crippen LogP contribution in [-0.4, -0.2) is 45.5 Å². The summed E-state index contributed by atoms with van der Waals surface area (Å²) in [5.74, 6) is 0.709. The van der Waals surface area contributed by atoms with E-state index in [1.807, 2.05) is 54.7 Å². The van der Waals surface area contributed by atoms with Gasteiger partial charge in [0.25, 0.3) is 0 Å². The first-order valence-electron chi connectivity index (χ1n) is 15.5. The van der Waals surface area contributed by atoms with Crippen molar-refractivity contribution in [3.8, 4) is 5.75 Å². The fraction of sp³-hybridized carbons (Fsp3) is 0.243. The van der Waals surface area contributed by atoms with Crippen LogP contribution in [0.4, 0.5) is 5.69 Å². The van der Waals surface area contributed by atoms with E-state index < -0.39 is 0 Å². The average Bonchev–Trinajstić information content (AvgIpc) is 3.89. The number of hydrogen-bond acceptors (Lipinski definition) is 7. The van der Waals surface area contributed by atoms with Gasteiger partial charge < -0.3 is 14.8 Å². The summed E-state index contributed by atoms with van der Waals surface area (Å²) in [5, 5.41) is 13.5. The summed E-state index contributed by atoms with van der Waals surface area (Å²) in [6.45, 7) is 3.03. The molecular formula is C37H38ClFeN5O3+2. The number of aromatic nitrogens is 4. The van der Waals surface area contributed by atoms with Crippen molar-refractivity contribution < 1.29 is 31.3 Å². The van der Waals surface area contributed by atoms with E-state index in [0.717, 1.165) is 65.8 Å². The number of pyridine rings is 1. The molecule has 2 aliphatic carbocycles. The number of fused-ring (bicyclic) bond motifs is 1. The van der Waals surface area contributed by atoms with Crippen molar-refractivity contribution in [3.63, 3.8) is 0 Å². The minimum atomic E-state index is -0.0230. The Morgan fingerprint density at radius 1 is 1.00 bits per heavy atom. The SMILES string of the molecule is C1=CCC=C1.O=C(/C=C/C1=CCC=C1)c1ccc(OCCCn2cc(COCCCNc3ccnc4cc(Cl)ccc34)nn2)cc1.[Fe+2]. The summed E-state index contributed by atoms with van der Waals surface area (Å²) in [5.41, 5.74) is 4.40. The van der Waals surface area contributed by atoms with Gasteiger partial charge in [0.2, 0.25) is 0 Å². The molecule has 4 aromatic rings. The molecule has 0 bridgehead atoms. The topological polar surface area (TPSA) is 91.2 Å². The molecule has 2 aromatic carbocycles. The van der Waals surface area contributed by atoms with Crippen LogP contribution in [0.3, 0.4) is 0 Å². The van der Waals surface area contributed by atoms with Gasteiger partial charge in [0.15, 0.2) is 5.78 Å². The van der Waals surface area contributed by atoms with Crippen LogP contribution in [0.25, 0.3) is 10.9 Å². The second-order valence-electron chi connectivity index (χ2n) is 10.7. The first kappa shape index (κ1) is 35.6. The van der Waals surface area contributed by atoms with Crippen LogP contribution >= 0.6 is 11.6 Å². The van der Waals surface area contributed by atoms with Gasteiger partial charge in [-0.2, -0.15) is 0 Å². The molecule has 0 saturated carbocycles. The van der Waals surface area contributed by atoms with E-state index >= 15 is 0 Å². The summed E-state index contributed by atoms with van der Waals surface area (Å²) in [6, 6.07) is 14.9. The van der Waals surface area contributed by atoms with Crippen molar-refractivity contribution in [1.29, 1.82) is 0 Å². The third-order valence-corrected chi connectivity index (χ3v) is 7.38. The van der Waals surface area contributed by atoms with Crippen molar-refractivity contribution in [2.24, 2.45) is 0 Å². The number of anilines is 1. The first-order chi connectivity index (χ1) is 22.6.